The lowest BCUT2D eigenvalue weighted by Gasteiger charge is -2.21. The van der Waals surface area contributed by atoms with E-state index in [4.69, 9.17) is 10.8 Å². The Bertz CT molecular complexity index is 429. The van der Waals surface area contributed by atoms with Crippen LogP contribution in [0.15, 0.2) is 0 Å². The van der Waals surface area contributed by atoms with E-state index in [1.165, 1.54) is 0 Å². The molecule has 3 N–H and O–H groups in total. The van der Waals surface area contributed by atoms with Crippen LogP contribution in [0.3, 0.4) is 0 Å². The zero-order valence-corrected chi connectivity index (χ0v) is 12.0. The number of nitrogens with two attached hydrogens (primary N) is 1. The van der Waals surface area contributed by atoms with Crippen molar-refractivity contribution < 1.29 is 9.90 Å². The molecule has 0 aliphatic carbocycles. The molecule has 0 atom stereocenters. The molecule has 1 rings (SSSR count). The zero-order valence-electron chi connectivity index (χ0n) is 12.0. The number of aryl methyl sites for hydroxylation is 1. The van der Waals surface area contributed by atoms with Gasteiger partial charge in [-0.25, -0.2) is 0 Å². The lowest BCUT2D eigenvalue weighted by Crippen LogP contribution is -2.37. The van der Waals surface area contributed by atoms with Gasteiger partial charge >= 0.3 is 0 Å². The van der Waals surface area contributed by atoms with Crippen molar-refractivity contribution >= 4 is 11.6 Å². The number of nitrogen functional groups attached to an aromatic ring is 1. The number of rotatable bonds is 7. The molecule has 6 nitrogen and oxygen atoms in total. The fourth-order valence-electron chi connectivity index (χ4n) is 1.92. The molecule has 6 heteroatoms. The summed E-state index contributed by atoms with van der Waals surface area (Å²) in [5.74, 6) is -0.0342. The van der Waals surface area contributed by atoms with Gasteiger partial charge in [-0.05, 0) is 20.3 Å². The van der Waals surface area contributed by atoms with Crippen LogP contribution < -0.4 is 5.73 Å². The topological polar surface area (TPSA) is 84.4 Å². The van der Waals surface area contributed by atoms with Gasteiger partial charge in [-0.1, -0.05) is 13.3 Å². The average molecular weight is 268 g/mol. The van der Waals surface area contributed by atoms with E-state index >= 15 is 0 Å². The highest BCUT2D eigenvalue weighted by atomic mass is 16.3. The molecule has 1 heterocycles. The van der Waals surface area contributed by atoms with Gasteiger partial charge < -0.3 is 15.7 Å². The summed E-state index contributed by atoms with van der Waals surface area (Å²) in [6.45, 7) is 6.95. The molecule has 0 unspecified atom stereocenters. The molecule has 0 saturated carbocycles. The Balaban J connectivity index is 2.72. The molecule has 0 spiro atoms. The predicted octanol–water partition coefficient (Wildman–Crippen LogP) is 0.703. The van der Waals surface area contributed by atoms with Crippen LogP contribution in [0, 0.1) is 13.8 Å². The van der Waals surface area contributed by atoms with Gasteiger partial charge in [0.05, 0.1) is 23.7 Å². The average Bonchev–Trinajstić information content (AvgIpc) is 2.62. The minimum absolute atomic E-state index is 0.0191. The second kappa shape index (κ2) is 7.13. The number of aliphatic hydroxyl groups excluding tert-OH is 1. The van der Waals surface area contributed by atoms with Crippen molar-refractivity contribution in [1.29, 1.82) is 0 Å². The molecule has 19 heavy (non-hydrogen) atoms. The number of anilines is 1. The Morgan fingerprint density at radius 2 is 2.11 bits per heavy atom. The first-order chi connectivity index (χ1) is 9.01. The summed E-state index contributed by atoms with van der Waals surface area (Å²) in [6.07, 6.45) is 1.95. The minimum atomic E-state index is -0.0342. The van der Waals surface area contributed by atoms with Gasteiger partial charge in [0.1, 0.15) is 6.54 Å². The largest absolute Gasteiger partial charge is 0.396 e. The van der Waals surface area contributed by atoms with E-state index in [-0.39, 0.29) is 19.1 Å². The highest BCUT2D eigenvalue weighted by molar-refractivity contribution is 5.76. The highest BCUT2D eigenvalue weighted by Crippen LogP contribution is 2.14. The van der Waals surface area contributed by atoms with Gasteiger partial charge in [0, 0.05) is 13.1 Å². The first-order valence-electron chi connectivity index (χ1n) is 6.69. The smallest absolute Gasteiger partial charge is 0.244 e. The van der Waals surface area contributed by atoms with Gasteiger partial charge in [0.15, 0.2) is 0 Å². The first kappa shape index (κ1) is 15.5. The highest BCUT2D eigenvalue weighted by Gasteiger charge is 2.16. The SMILES string of the molecule is CCCCN(CCO)C(=O)Cn1nc(C)c(N)c1C. The van der Waals surface area contributed by atoms with Crippen LogP contribution in [-0.2, 0) is 11.3 Å². The number of carbonyl (C=O) groups is 1. The number of amides is 1. The molecule has 0 radical (unpaired) electrons. The van der Waals surface area contributed by atoms with Crippen molar-refractivity contribution in [2.75, 3.05) is 25.4 Å². The molecule has 1 amide bonds. The summed E-state index contributed by atoms with van der Waals surface area (Å²) in [5, 5.41) is 13.3. The summed E-state index contributed by atoms with van der Waals surface area (Å²) in [4.78, 5) is 13.9. The van der Waals surface area contributed by atoms with E-state index in [1.807, 2.05) is 13.8 Å². The molecule has 1 aromatic rings. The van der Waals surface area contributed by atoms with Crippen molar-refractivity contribution in [2.45, 2.75) is 40.2 Å². The van der Waals surface area contributed by atoms with Crippen LogP contribution >= 0.6 is 0 Å². The number of hydrogen-bond donors (Lipinski definition) is 2. The number of nitrogens with zero attached hydrogens (tertiary/aromatic N) is 3. The number of carbonyl (C=O) groups excluding carboxylic acids is 1. The van der Waals surface area contributed by atoms with E-state index in [2.05, 4.69) is 12.0 Å². The van der Waals surface area contributed by atoms with E-state index < -0.39 is 0 Å². The van der Waals surface area contributed by atoms with Gasteiger partial charge in [-0.15, -0.1) is 0 Å². The van der Waals surface area contributed by atoms with Crippen molar-refractivity contribution in [2.24, 2.45) is 0 Å². The molecule has 0 aliphatic rings. The van der Waals surface area contributed by atoms with E-state index in [0.717, 1.165) is 24.2 Å². The van der Waals surface area contributed by atoms with E-state index in [0.29, 0.717) is 18.8 Å². The Morgan fingerprint density at radius 1 is 1.42 bits per heavy atom. The fourth-order valence-corrected chi connectivity index (χ4v) is 1.92. The summed E-state index contributed by atoms with van der Waals surface area (Å²) in [6, 6.07) is 0. The van der Waals surface area contributed by atoms with Gasteiger partial charge in [-0.3, -0.25) is 9.48 Å². The van der Waals surface area contributed by atoms with Crippen LogP contribution in [0.1, 0.15) is 31.2 Å². The van der Waals surface area contributed by atoms with Crippen LogP contribution in [0.5, 0.6) is 0 Å². The molecule has 0 aromatic carbocycles. The summed E-state index contributed by atoms with van der Waals surface area (Å²) < 4.78 is 1.63. The predicted molar refractivity (Wildman–Crippen MR) is 74.7 cm³/mol. The molecule has 1 aromatic heterocycles. The lowest BCUT2D eigenvalue weighted by molar-refractivity contribution is -0.132. The molecule has 0 bridgehead atoms. The van der Waals surface area contributed by atoms with Gasteiger partial charge in [-0.2, -0.15) is 5.10 Å². The van der Waals surface area contributed by atoms with Crippen molar-refractivity contribution in [3.63, 3.8) is 0 Å². The van der Waals surface area contributed by atoms with Crippen LogP contribution in [0.2, 0.25) is 0 Å². The number of unbranched alkanes of at least 4 members (excludes halogenated alkanes) is 1. The molecular formula is C13H24N4O2. The summed E-state index contributed by atoms with van der Waals surface area (Å²) >= 11 is 0. The maximum atomic E-state index is 12.2. The second-order valence-corrected chi connectivity index (χ2v) is 4.70. The quantitative estimate of drug-likeness (QED) is 0.762. The third kappa shape index (κ3) is 3.96. The maximum absolute atomic E-state index is 12.2. The fraction of sp³-hybridized carbons (Fsp3) is 0.692. The molecule has 0 aliphatic heterocycles. The molecular weight excluding hydrogens is 244 g/mol. The Kier molecular flexibility index (Phi) is 5.82. The van der Waals surface area contributed by atoms with Gasteiger partial charge in [0.2, 0.25) is 5.91 Å². The van der Waals surface area contributed by atoms with E-state index in [1.54, 1.807) is 9.58 Å². The Morgan fingerprint density at radius 3 is 2.58 bits per heavy atom. The van der Waals surface area contributed by atoms with Crippen molar-refractivity contribution in [3.05, 3.63) is 11.4 Å². The number of aliphatic hydroxyl groups is 1. The second-order valence-electron chi connectivity index (χ2n) is 4.70. The molecule has 0 saturated heterocycles. The summed E-state index contributed by atoms with van der Waals surface area (Å²) in [5.41, 5.74) is 8.03. The minimum Gasteiger partial charge on any atom is -0.396 e. The van der Waals surface area contributed by atoms with Crippen molar-refractivity contribution in [3.8, 4) is 0 Å². The Hall–Kier alpha value is -1.56. The normalized spacial score (nSPS) is 10.7. The van der Waals surface area contributed by atoms with Crippen LogP contribution in [-0.4, -0.2) is 45.4 Å². The van der Waals surface area contributed by atoms with Gasteiger partial charge in [0.25, 0.3) is 0 Å². The zero-order chi connectivity index (χ0) is 14.4. The lowest BCUT2D eigenvalue weighted by atomic mass is 10.3. The first-order valence-corrected chi connectivity index (χ1v) is 6.69. The maximum Gasteiger partial charge on any atom is 0.244 e. The third-order valence-corrected chi connectivity index (χ3v) is 3.23. The van der Waals surface area contributed by atoms with Crippen molar-refractivity contribution in [1.82, 2.24) is 14.7 Å². The third-order valence-electron chi connectivity index (χ3n) is 3.23. The van der Waals surface area contributed by atoms with E-state index in [9.17, 15) is 4.79 Å². The van der Waals surface area contributed by atoms with Crippen LogP contribution in [0.4, 0.5) is 5.69 Å². The standard InChI is InChI=1S/C13H24N4O2/c1-4-5-6-16(7-8-18)12(19)9-17-11(3)13(14)10(2)15-17/h18H,4-9,14H2,1-3H3. The molecule has 108 valence electrons. The summed E-state index contributed by atoms with van der Waals surface area (Å²) in [7, 11) is 0. The molecule has 0 fully saturated rings. The number of hydrogen-bond acceptors (Lipinski definition) is 4. The van der Waals surface area contributed by atoms with Crippen LogP contribution in [0.25, 0.3) is 0 Å². The monoisotopic (exact) mass is 268 g/mol. The number of aromatic nitrogens is 2. The Labute approximate surface area is 114 Å².